The lowest BCUT2D eigenvalue weighted by Crippen LogP contribution is -2.35. The van der Waals surface area contributed by atoms with Crippen molar-refractivity contribution in [3.8, 4) is 11.8 Å². The van der Waals surface area contributed by atoms with E-state index in [9.17, 15) is 0 Å². The molecular formula is C16H23BrN2O. The first-order chi connectivity index (χ1) is 9.44. The fourth-order valence-electron chi connectivity index (χ4n) is 2.14. The standard InChI is InChI=1S/C16H23BrN2O/c1-5-12(9-18)10-19-11-16(2,3)14-8-13(17)6-7-15(14)20-4/h6-8,12,19H,5,10-11H2,1-4H3. The van der Waals surface area contributed by atoms with Gasteiger partial charge in [0.1, 0.15) is 5.75 Å². The molecule has 1 atom stereocenters. The van der Waals surface area contributed by atoms with E-state index in [-0.39, 0.29) is 11.3 Å². The van der Waals surface area contributed by atoms with Gasteiger partial charge in [0.05, 0.1) is 19.1 Å². The first-order valence-electron chi connectivity index (χ1n) is 6.89. The molecule has 0 aromatic heterocycles. The third-order valence-electron chi connectivity index (χ3n) is 3.52. The normalized spacial score (nSPS) is 12.8. The first-order valence-corrected chi connectivity index (χ1v) is 7.68. The van der Waals surface area contributed by atoms with Gasteiger partial charge in [-0.15, -0.1) is 0 Å². The summed E-state index contributed by atoms with van der Waals surface area (Å²) in [4.78, 5) is 0. The molecule has 0 spiro atoms. The van der Waals surface area contributed by atoms with Crippen molar-refractivity contribution in [1.82, 2.24) is 5.32 Å². The van der Waals surface area contributed by atoms with Gasteiger partial charge in [0.15, 0.2) is 0 Å². The van der Waals surface area contributed by atoms with Crippen molar-refractivity contribution in [2.24, 2.45) is 5.92 Å². The van der Waals surface area contributed by atoms with Crippen molar-refractivity contribution in [2.75, 3.05) is 20.2 Å². The Labute approximate surface area is 130 Å². The van der Waals surface area contributed by atoms with Gasteiger partial charge in [-0.3, -0.25) is 0 Å². The van der Waals surface area contributed by atoms with E-state index >= 15 is 0 Å². The number of nitrogens with one attached hydrogen (secondary N) is 1. The smallest absolute Gasteiger partial charge is 0.122 e. The highest BCUT2D eigenvalue weighted by Gasteiger charge is 2.24. The van der Waals surface area contributed by atoms with Crippen molar-refractivity contribution >= 4 is 15.9 Å². The van der Waals surface area contributed by atoms with E-state index in [1.54, 1.807) is 7.11 Å². The van der Waals surface area contributed by atoms with Crippen LogP contribution in [0.1, 0.15) is 32.8 Å². The molecule has 0 aliphatic rings. The Morgan fingerprint density at radius 2 is 2.15 bits per heavy atom. The van der Waals surface area contributed by atoms with Gasteiger partial charge in [-0.2, -0.15) is 5.26 Å². The van der Waals surface area contributed by atoms with Crippen LogP contribution in [0.15, 0.2) is 22.7 Å². The van der Waals surface area contributed by atoms with E-state index in [0.717, 1.165) is 35.3 Å². The van der Waals surface area contributed by atoms with Gasteiger partial charge in [0.2, 0.25) is 0 Å². The molecule has 0 aliphatic heterocycles. The Morgan fingerprint density at radius 1 is 1.45 bits per heavy atom. The lowest BCUT2D eigenvalue weighted by Gasteiger charge is -2.28. The molecule has 4 heteroatoms. The molecule has 0 saturated carbocycles. The summed E-state index contributed by atoms with van der Waals surface area (Å²) in [5, 5.41) is 12.4. The van der Waals surface area contributed by atoms with Gasteiger partial charge >= 0.3 is 0 Å². The van der Waals surface area contributed by atoms with Crippen LogP contribution in [0, 0.1) is 17.2 Å². The van der Waals surface area contributed by atoms with Gasteiger partial charge in [0.25, 0.3) is 0 Å². The number of rotatable bonds is 7. The largest absolute Gasteiger partial charge is 0.496 e. The molecule has 0 fully saturated rings. The van der Waals surface area contributed by atoms with Crippen molar-refractivity contribution in [3.05, 3.63) is 28.2 Å². The zero-order valence-corrected chi connectivity index (χ0v) is 14.3. The molecule has 110 valence electrons. The summed E-state index contributed by atoms with van der Waals surface area (Å²) in [6.45, 7) is 7.93. The summed E-state index contributed by atoms with van der Waals surface area (Å²) in [6.07, 6.45) is 0.879. The van der Waals surface area contributed by atoms with Crippen LogP contribution in [-0.2, 0) is 5.41 Å². The molecule has 0 heterocycles. The Kier molecular flexibility index (Phi) is 6.51. The second kappa shape index (κ2) is 7.66. The molecule has 1 N–H and O–H groups in total. The quantitative estimate of drug-likeness (QED) is 0.820. The predicted molar refractivity (Wildman–Crippen MR) is 86.0 cm³/mol. The maximum atomic E-state index is 8.97. The monoisotopic (exact) mass is 338 g/mol. The lowest BCUT2D eigenvalue weighted by atomic mass is 9.83. The second-order valence-corrected chi connectivity index (χ2v) is 6.51. The molecule has 1 aromatic carbocycles. The summed E-state index contributed by atoms with van der Waals surface area (Å²) < 4.78 is 6.50. The van der Waals surface area contributed by atoms with E-state index in [2.05, 4.69) is 47.2 Å². The van der Waals surface area contributed by atoms with Crippen molar-refractivity contribution in [2.45, 2.75) is 32.6 Å². The minimum atomic E-state index is -0.0666. The summed E-state index contributed by atoms with van der Waals surface area (Å²) in [6, 6.07) is 8.37. The highest BCUT2D eigenvalue weighted by Crippen LogP contribution is 2.33. The number of halogens is 1. The summed E-state index contributed by atoms with van der Waals surface area (Å²) in [5.74, 6) is 0.975. The van der Waals surface area contributed by atoms with Crippen LogP contribution in [0.4, 0.5) is 0 Å². The summed E-state index contributed by atoms with van der Waals surface area (Å²) >= 11 is 3.51. The fraction of sp³-hybridized carbons (Fsp3) is 0.562. The Morgan fingerprint density at radius 3 is 2.70 bits per heavy atom. The van der Waals surface area contributed by atoms with Crippen molar-refractivity contribution in [1.29, 1.82) is 5.26 Å². The maximum absolute atomic E-state index is 8.97. The Balaban J connectivity index is 2.78. The van der Waals surface area contributed by atoms with Crippen LogP contribution in [-0.4, -0.2) is 20.2 Å². The Hall–Kier alpha value is -1.05. The third-order valence-corrected chi connectivity index (χ3v) is 4.02. The molecule has 1 unspecified atom stereocenters. The molecule has 1 aromatic rings. The number of nitrogens with zero attached hydrogens (tertiary/aromatic N) is 1. The number of methoxy groups -OCH3 is 1. The van der Waals surface area contributed by atoms with E-state index in [1.807, 2.05) is 19.1 Å². The number of hydrogen-bond donors (Lipinski definition) is 1. The van der Waals surface area contributed by atoms with Gasteiger partial charge in [0, 0.05) is 28.5 Å². The molecule has 0 radical (unpaired) electrons. The third kappa shape index (κ3) is 4.50. The molecule has 0 saturated heterocycles. The van der Waals surface area contributed by atoms with Gasteiger partial charge in [-0.1, -0.05) is 36.7 Å². The highest BCUT2D eigenvalue weighted by atomic mass is 79.9. The Bertz CT molecular complexity index is 480. The highest BCUT2D eigenvalue weighted by molar-refractivity contribution is 9.10. The minimum Gasteiger partial charge on any atom is -0.496 e. The zero-order chi connectivity index (χ0) is 15.2. The number of benzene rings is 1. The molecule has 20 heavy (non-hydrogen) atoms. The van der Waals surface area contributed by atoms with E-state index in [0.29, 0.717) is 0 Å². The molecule has 1 rings (SSSR count). The predicted octanol–water partition coefficient (Wildman–Crippen LogP) is 3.87. The topological polar surface area (TPSA) is 45.0 Å². The van der Waals surface area contributed by atoms with Gasteiger partial charge in [-0.25, -0.2) is 0 Å². The van der Waals surface area contributed by atoms with Crippen LogP contribution in [0.5, 0.6) is 5.75 Å². The van der Waals surface area contributed by atoms with Gasteiger partial charge in [-0.05, 0) is 24.6 Å². The van der Waals surface area contributed by atoms with Crippen LogP contribution in [0.3, 0.4) is 0 Å². The molecule has 0 bridgehead atoms. The van der Waals surface area contributed by atoms with Crippen LogP contribution in [0.2, 0.25) is 0 Å². The summed E-state index contributed by atoms with van der Waals surface area (Å²) in [5.41, 5.74) is 1.09. The fourth-order valence-corrected chi connectivity index (χ4v) is 2.51. The summed E-state index contributed by atoms with van der Waals surface area (Å²) in [7, 11) is 1.69. The van der Waals surface area contributed by atoms with Crippen LogP contribution in [0.25, 0.3) is 0 Å². The van der Waals surface area contributed by atoms with Crippen molar-refractivity contribution in [3.63, 3.8) is 0 Å². The first kappa shape index (κ1) is 17.0. The van der Waals surface area contributed by atoms with Gasteiger partial charge < -0.3 is 10.1 Å². The number of nitriles is 1. The van der Waals surface area contributed by atoms with Crippen LogP contribution >= 0.6 is 15.9 Å². The second-order valence-electron chi connectivity index (χ2n) is 5.59. The SMILES string of the molecule is CCC(C#N)CNCC(C)(C)c1cc(Br)ccc1OC. The van der Waals surface area contributed by atoms with Crippen LogP contribution < -0.4 is 10.1 Å². The number of ether oxygens (including phenoxy) is 1. The maximum Gasteiger partial charge on any atom is 0.122 e. The lowest BCUT2D eigenvalue weighted by molar-refractivity contribution is 0.382. The molecule has 0 amide bonds. The van der Waals surface area contributed by atoms with E-state index < -0.39 is 0 Å². The van der Waals surface area contributed by atoms with E-state index in [4.69, 9.17) is 10.00 Å². The average molecular weight is 339 g/mol. The molecule has 0 aliphatic carbocycles. The molecule has 3 nitrogen and oxygen atoms in total. The molecular weight excluding hydrogens is 316 g/mol. The average Bonchev–Trinajstić information content (AvgIpc) is 2.43. The minimum absolute atomic E-state index is 0.0666. The van der Waals surface area contributed by atoms with Crippen molar-refractivity contribution < 1.29 is 4.74 Å². The van der Waals surface area contributed by atoms with E-state index in [1.165, 1.54) is 0 Å². The number of hydrogen-bond acceptors (Lipinski definition) is 3. The zero-order valence-electron chi connectivity index (χ0n) is 12.7.